The van der Waals surface area contributed by atoms with Gasteiger partial charge in [0, 0.05) is 37.5 Å². The lowest BCUT2D eigenvalue weighted by Gasteiger charge is -2.43. The summed E-state index contributed by atoms with van der Waals surface area (Å²) in [7, 11) is 0. The molecule has 1 heterocycles. The fourth-order valence-corrected chi connectivity index (χ4v) is 4.40. The van der Waals surface area contributed by atoms with Crippen molar-refractivity contribution in [2.24, 2.45) is 17.8 Å². The van der Waals surface area contributed by atoms with E-state index in [1.807, 2.05) is 30.6 Å². The summed E-state index contributed by atoms with van der Waals surface area (Å²) in [5, 5.41) is 2.97. The van der Waals surface area contributed by atoms with Crippen LogP contribution in [0.5, 0.6) is 0 Å². The van der Waals surface area contributed by atoms with Crippen LogP contribution in [0.15, 0.2) is 0 Å². The molecule has 0 spiro atoms. The molecule has 2 atom stereocenters. The van der Waals surface area contributed by atoms with Crippen molar-refractivity contribution in [1.29, 1.82) is 0 Å². The standard InChI is InChI=1S/C21H35N3O3/c1-14(2)18(22-19(25)16-9-10-16)21(27)23-11-12-24(15(3)13-23)20(26)17-7-5-4-6-8-17/h14-18H,4-13H2,1-3H3,(H,22,25). The third-order valence-electron chi connectivity index (χ3n) is 6.36. The summed E-state index contributed by atoms with van der Waals surface area (Å²) in [4.78, 5) is 41.9. The first-order chi connectivity index (χ1) is 12.9. The highest BCUT2D eigenvalue weighted by atomic mass is 16.2. The second-order valence-corrected chi connectivity index (χ2v) is 9.00. The maximum Gasteiger partial charge on any atom is 0.245 e. The fraction of sp³-hybridized carbons (Fsp3) is 0.857. The van der Waals surface area contributed by atoms with Crippen molar-refractivity contribution in [2.75, 3.05) is 19.6 Å². The lowest BCUT2D eigenvalue weighted by Crippen LogP contribution is -2.60. The van der Waals surface area contributed by atoms with Gasteiger partial charge < -0.3 is 15.1 Å². The SMILES string of the molecule is CC(C)C(NC(=O)C1CC1)C(=O)N1CCN(C(=O)C2CCCCC2)C(C)C1. The predicted octanol–water partition coefficient (Wildman–Crippen LogP) is 2.18. The molecule has 3 amide bonds. The van der Waals surface area contributed by atoms with Crippen LogP contribution in [0.4, 0.5) is 0 Å². The molecule has 0 aromatic rings. The summed E-state index contributed by atoms with van der Waals surface area (Å²) in [6, 6.07) is -0.435. The molecular weight excluding hydrogens is 342 g/mol. The van der Waals surface area contributed by atoms with E-state index in [-0.39, 0.29) is 41.5 Å². The third kappa shape index (κ3) is 4.82. The Balaban J connectivity index is 1.57. The largest absolute Gasteiger partial charge is 0.344 e. The number of carbonyl (C=O) groups excluding carboxylic acids is 3. The van der Waals surface area contributed by atoms with Gasteiger partial charge in [0.15, 0.2) is 0 Å². The van der Waals surface area contributed by atoms with E-state index in [0.717, 1.165) is 38.5 Å². The Morgan fingerprint density at radius 1 is 0.926 bits per heavy atom. The average molecular weight is 378 g/mol. The van der Waals surface area contributed by atoms with Crippen LogP contribution in [0.2, 0.25) is 0 Å². The predicted molar refractivity (Wildman–Crippen MR) is 104 cm³/mol. The van der Waals surface area contributed by atoms with Gasteiger partial charge in [0.1, 0.15) is 6.04 Å². The molecule has 3 fully saturated rings. The Labute approximate surface area is 163 Å². The van der Waals surface area contributed by atoms with Gasteiger partial charge in [-0.25, -0.2) is 0 Å². The Morgan fingerprint density at radius 3 is 2.15 bits per heavy atom. The van der Waals surface area contributed by atoms with E-state index in [1.54, 1.807) is 0 Å². The molecule has 3 rings (SSSR count). The summed E-state index contributed by atoms with van der Waals surface area (Å²) in [6.07, 6.45) is 7.43. The monoisotopic (exact) mass is 377 g/mol. The second-order valence-electron chi connectivity index (χ2n) is 9.00. The van der Waals surface area contributed by atoms with Crippen molar-refractivity contribution in [2.45, 2.75) is 77.8 Å². The van der Waals surface area contributed by atoms with Crippen molar-refractivity contribution in [3.8, 4) is 0 Å². The molecule has 1 saturated heterocycles. The third-order valence-corrected chi connectivity index (χ3v) is 6.36. The van der Waals surface area contributed by atoms with Gasteiger partial charge in [-0.15, -0.1) is 0 Å². The molecule has 0 aromatic heterocycles. The maximum absolute atomic E-state index is 13.0. The average Bonchev–Trinajstić information content (AvgIpc) is 3.50. The molecule has 0 aromatic carbocycles. The van der Waals surface area contributed by atoms with E-state index in [2.05, 4.69) is 5.32 Å². The minimum atomic E-state index is -0.467. The molecular formula is C21H35N3O3. The smallest absolute Gasteiger partial charge is 0.245 e. The molecule has 0 radical (unpaired) electrons. The van der Waals surface area contributed by atoms with Gasteiger partial charge in [-0.3, -0.25) is 14.4 Å². The summed E-state index contributed by atoms with van der Waals surface area (Å²) in [5.74, 6) is 0.610. The highest BCUT2D eigenvalue weighted by Gasteiger charge is 2.38. The number of piperazine rings is 1. The summed E-state index contributed by atoms with van der Waals surface area (Å²) in [5.41, 5.74) is 0. The molecule has 1 N–H and O–H groups in total. The van der Waals surface area contributed by atoms with Crippen LogP contribution in [-0.4, -0.2) is 59.2 Å². The highest BCUT2D eigenvalue weighted by molar-refractivity contribution is 5.90. The first-order valence-electron chi connectivity index (χ1n) is 10.8. The number of nitrogens with one attached hydrogen (secondary N) is 1. The van der Waals surface area contributed by atoms with E-state index in [4.69, 9.17) is 0 Å². The quantitative estimate of drug-likeness (QED) is 0.798. The van der Waals surface area contributed by atoms with Gasteiger partial charge in [0.2, 0.25) is 17.7 Å². The lowest BCUT2D eigenvalue weighted by atomic mass is 9.87. The van der Waals surface area contributed by atoms with Gasteiger partial charge in [-0.2, -0.15) is 0 Å². The van der Waals surface area contributed by atoms with Crippen molar-refractivity contribution in [3.05, 3.63) is 0 Å². The molecule has 152 valence electrons. The van der Waals surface area contributed by atoms with E-state index in [0.29, 0.717) is 19.6 Å². The number of nitrogens with zero attached hydrogens (tertiary/aromatic N) is 2. The number of hydrogen-bond donors (Lipinski definition) is 1. The number of amides is 3. The molecule has 2 aliphatic carbocycles. The van der Waals surface area contributed by atoms with Gasteiger partial charge >= 0.3 is 0 Å². The molecule has 1 aliphatic heterocycles. The van der Waals surface area contributed by atoms with Crippen molar-refractivity contribution >= 4 is 17.7 Å². The van der Waals surface area contributed by atoms with Crippen LogP contribution < -0.4 is 5.32 Å². The van der Waals surface area contributed by atoms with Gasteiger partial charge in [0.25, 0.3) is 0 Å². The zero-order valence-corrected chi connectivity index (χ0v) is 17.1. The van der Waals surface area contributed by atoms with E-state index >= 15 is 0 Å². The molecule has 0 bridgehead atoms. The molecule has 6 nitrogen and oxygen atoms in total. The fourth-order valence-electron chi connectivity index (χ4n) is 4.40. The topological polar surface area (TPSA) is 69.7 Å². The van der Waals surface area contributed by atoms with Gasteiger partial charge in [0.05, 0.1) is 0 Å². The number of rotatable bonds is 5. The van der Waals surface area contributed by atoms with Crippen molar-refractivity contribution < 1.29 is 14.4 Å². The van der Waals surface area contributed by atoms with Crippen LogP contribution in [0.1, 0.15) is 65.7 Å². The molecule has 2 saturated carbocycles. The Kier molecular flexibility index (Phi) is 6.43. The zero-order valence-electron chi connectivity index (χ0n) is 17.1. The lowest BCUT2D eigenvalue weighted by molar-refractivity contribution is -0.147. The van der Waals surface area contributed by atoms with Crippen molar-refractivity contribution in [3.63, 3.8) is 0 Å². The highest BCUT2D eigenvalue weighted by Crippen LogP contribution is 2.30. The normalized spacial score (nSPS) is 25.4. The van der Waals surface area contributed by atoms with Crippen LogP contribution >= 0.6 is 0 Å². The number of carbonyl (C=O) groups is 3. The Morgan fingerprint density at radius 2 is 1.59 bits per heavy atom. The Bertz CT molecular complexity index is 567. The first-order valence-corrected chi connectivity index (χ1v) is 10.8. The van der Waals surface area contributed by atoms with Crippen molar-refractivity contribution in [1.82, 2.24) is 15.1 Å². The summed E-state index contributed by atoms with van der Waals surface area (Å²) < 4.78 is 0. The molecule has 2 unspecified atom stereocenters. The van der Waals surface area contributed by atoms with E-state index in [9.17, 15) is 14.4 Å². The van der Waals surface area contributed by atoms with E-state index < -0.39 is 6.04 Å². The Hall–Kier alpha value is -1.59. The first kappa shape index (κ1) is 20.2. The molecule has 6 heteroatoms. The minimum absolute atomic E-state index is 0.00406. The van der Waals surface area contributed by atoms with Crippen LogP contribution in [0.3, 0.4) is 0 Å². The van der Waals surface area contributed by atoms with Gasteiger partial charge in [-0.1, -0.05) is 33.1 Å². The minimum Gasteiger partial charge on any atom is -0.344 e. The van der Waals surface area contributed by atoms with E-state index in [1.165, 1.54) is 6.42 Å². The van der Waals surface area contributed by atoms with Crippen LogP contribution in [-0.2, 0) is 14.4 Å². The maximum atomic E-state index is 13.0. The summed E-state index contributed by atoms with van der Waals surface area (Å²) in [6.45, 7) is 7.70. The molecule has 27 heavy (non-hydrogen) atoms. The van der Waals surface area contributed by atoms with Gasteiger partial charge in [-0.05, 0) is 38.5 Å². The summed E-state index contributed by atoms with van der Waals surface area (Å²) >= 11 is 0. The van der Waals surface area contributed by atoms with Crippen LogP contribution in [0.25, 0.3) is 0 Å². The number of hydrogen-bond acceptors (Lipinski definition) is 3. The zero-order chi connectivity index (χ0) is 19.6. The second kappa shape index (κ2) is 8.61. The van der Waals surface area contributed by atoms with Crippen LogP contribution in [0, 0.1) is 17.8 Å². The molecule has 3 aliphatic rings.